The Labute approximate surface area is 157 Å². The van der Waals surface area contributed by atoms with Crippen molar-refractivity contribution in [3.63, 3.8) is 0 Å². The Morgan fingerprint density at radius 1 is 0.963 bits per heavy atom. The first-order chi connectivity index (χ1) is 12.7. The van der Waals surface area contributed by atoms with Gasteiger partial charge in [-0.1, -0.05) is 0 Å². The summed E-state index contributed by atoms with van der Waals surface area (Å²) in [4.78, 5) is 1.67. The number of sulfonamides is 2. The van der Waals surface area contributed by atoms with Gasteiger partial charge in [-0.2, -0.15) is 8.42 Å². The van der Waals surface area contributed by atoms with Crippen molar-refractivity contribution < 1.29 is 21.2 Å². The number of hydrogen-bond acceptors (Lipinski definition) is 4. The number of benzene rings is 2. The van der Waals surface area contributed by atoms with Crippen LogP contribution in [0.25, 0.3) is 0 Å². The highest BCUT2D eigenvalue weighted by Gasteiger charge is 2.20. The van der Waals surface area contributed by atoms with Crippen molar-refractivity contribution in [1.82, 2.24) is 4.90 Å². The summed E-state index contributed by atoms with van der Waals surface area (Å²) in [5, 5.41) is 0. The molecule has 0 unspecified atom stereocenters. The molecule has 144 valence electrons. The van der Waals surface area contributed by atoms with Gasteiger partial charge >= 0.3 is 0 Å². The largest absolute Gasteiger partial charge is 0.362 e. The van der Waals surface area contributed by atoms with Gasteiger partial charge in [0.05, 0.1) is 9.79 Å². The van der Waals surface area contributed by atoms with Crippen LogP contribution in [-0.2, 0) is 20.0 Å². The second-order valence-electron chi connectivity index (χ2n) is 6.09. The van der Waals surface area contributed by atoms with Crippen LogP contribution in [0.2, 0.25) is 0 Å². The van der Waals surface area contributed by atoms with Gasteiger partial charge in [0, 0.05) is 25.7 Å². The van der Waals surface area contributed by atoms with Crippen molar-refractivity contribution in [2.45, 2.75) is 22.6 Å². The van der Waals surface area contributed by atoms with E-state index in [4.69, 9.17) is 0 Å². The third-order valence-corrected chi connectivity index (χ3v) is 6.80. The lowest BCUT2D eigenvalue weighted by atomic mass is 10.3. The first kappa shape index (κ1) is 19.3. The summed E-state index contributed by atoms with van der Waals surface area (Å²) in [5.74, 6) is -0.0332. The Morgan fingerprint density at radius 2 is 1.56 bits per heavy atom. The monoisotopic (exact) mass is 411 g/mol. The first-order valence-electron chi connectivity index (χ1n) is 8.11. The van der Waals surface area contributed by atoms with Gasteiger partial charge in [-0.15, -0.1) is 4.40 Å². The summed E-state index contributed by atoms with van der Waals surface area (Å²) >= 11 is 0. The fraction of sp³-hybridized carbons (Fsp3) is 0.235. The molecular formula is C17H18FN3O4S2. The van der Waals surface area contributed by atoms with Gasteiger partial charge in [-0.05, 0) is 55.0 Å². The zero-order valence-electron chi connectivity index (χ0n) is 14.5. The molecule has 7 nitrogen and oxygen atoms in total. The molecule has 27 heavy (non-hydrogen) atoms. The number of halogens is 1. The number of nitrogens with zero attached hydrogens (tertiary/aromatic N) is 2. The Kier molecular flexibility index (Phi) is 5.20. The number of amidine groups is 1. The van der Waals surface area contributed by atoms with E-state index in [1.165, 1.54) is 24.3 Å². The first-order valence-corrected chi connectivity index (χ1v) is 11.0. The number of rotatable bonds is 5. The summed E-state index contributed by atoms with van der Waals surface area (Å²) < 4.78 is 68.5. The minimum absolute atomic E-state index is 0.0277. The van der Waals surface area contributed by atoms with Crippen molar-refractivity contribution in [3.05, 3.63) is 54.3 Å². The summed E-state index contributed by atoms with van der Waals surface area (Å²) in [6.07, 6.45) is 1.46. The lowest BCUT2D eigenvalue weighted by molar-refractivity contribution is 0.548. The van der Waals surface area contributed by atoms with E-state index in [0.29, 0.717) is 12.3 Å². The third kappa shape index (κ3) is 4.45. The van der Waals surface area contributed by atoms with Crippen LogP contribution in [-0.4, -0.2) is 41.2 Å². The van der Waals surface area contributed by atoms with Gasteiger partial charge in [0.25, 0.3) is 20.0 Å². The third-order valence-electron chi connectivity index (χ3n) is 4.09. The molecule has 1 aliphatic rings. The van der Waals surface area contributed by atoms with Crippen LogP contribution in [0.3, 0.4) is 0 Å². The van der Waals surface area contributed by atoms with Gasteiger partial charge in [-0.25, -0.2) is 12.8 Å². The van der Waals surface area contributed by atoms with E-state index in [1.807, 2.05) is 0 Å². The molecule has 0 spiro atoms. The molecule has 0 saturated carbocycles. The minimum Gasteiger partial charge on any atom is -0.362 e. The number of hydrogen-bond donors (Lipinski definition) is 1. The molecule has 1 heterocycles. The van der Waals surface area contributed by atoms with E-state index < -0.39 is 25.9 Å². The maximum atomic E-state index is 12.9. The molecule has 10 heteroatoms. The average Bonchev–Trinajstić information content (AvgIpc) is 2.99. The van der Waals surface area contributed by atoms with Crippen LogP contribution >= 0.6 is 0 Å². The average molecular weight is 411 g/mol. The standard InChI is InChI=1S/C17H18FN3O4S2/c1-21-12-2-3-17(21)20-27(24,25)16-10-6-14(7-11-16)19-26(22,23)15-8-4-13(18)5-9-15/h4-11,19H,2-3,12H2,1H3/b20-17+. The summed E-state index contributed by atoms with van der Waals surface area (Å²) in [5.41, 5.74) is 0.184. The highest BCUT2D eigenvalue weighted by atomic mass is 32.2. The molecule has 0 bridgehead atoms. The second-order valence-corrected chi connectivity index (χ2v) is 9.38. The van der Waals surface area contributed by atoms with Crippen molar-refractivity contribution in [1.29, 1.82) is 0 Å². The molecule has 1 aliphatic heterocycles. The Bertz CT molecular complexity index is 1060. The van der Waals surface area contributed by atoms with E-state index in [1.54, 1.807) is 11.9 Å². The van der Waals surface area contributed by atoms with Crippen molar-refractivity contribution in [3.8, 4) is 0 Å². The van der Waals surface area contributed by atoms with E-state index >= 15 is 0 Å². The molecule has 3 rings (SSSR count). The van der Waals surface area contributed by atoms with Gasteiger partial charge in [0.2, 0.25) is 0 Å². The van der Waals surface area contributed by atoms with Gasteiger partial charge < -0.3 is 4.90 Å². The van der Waals surface area contributed by atoms with Crippen molar-refractivity contribution in [2.24, 2.45) is 4.40 Å². The Morgan fingerprint density at radius 3 is 2.11 bits per heavy atom. The van der Waals surface area contributed by atoms with E-state index in [0.717, 1.165) is 37.2 Å². The lowest BCUT2D eigenvalue weighted by Gasteiger charge is -2.11. The SMILES string of the molecule is CN1CCC/C1=N\S(=O)(=O)c1ccc(NS(=O)(=O)c2ccc(F)cc2)cc1. The highest BCUT2D eigenvalue weighted by molar-refractivity contribution is 7.92. The van der Waals surface area contributed by atoms with Gasteiger partial charge in [-0.3, -0.25) is 4.72 Å². The predicted octanol–water partition coefficient (Wildman–Crippen LogP) is 2.44. The molecule has 2 aromatic rings. The molecule has 0 amide bonds. The molecule has 0 aromatic heterocycles. The maximum Gasteiger partial charge on any atom is 0.283 e. The minimum atomic E-state index is -3.90. The van der Waals surface area contributed by atoms with Crippen LogP contribution in [0.4, 0.5) is 10.1 Å². The second kappa shape index (κ2) is 7.28. The summed E-state index contributed by atoms with van der Waals surface area (Å²) in [6, 6.07) is 9.63. The quantitative estimate of drug-likeness (QED) is 0.815. The normalized spacial score (nSPS) is 16.7. The number of likely N-dealkylation sites (tertiary alicyclic amines) is 1. The number of nitrogens with one attached hydrogen (secondary N) is 1. The molecule has 2 aromatic carbocycles. The van der Waals surface area contributed by atoms with E-state index in [9.17, 15) is 21.2 Å². The Hall–Kier alpha value is -2.46. The molecule has 1 N–H and O–H groups in total. The van der Waals surface area contributed by atoms with Gasteiger partial charge in [0.1, 0.15) is 11.7 Å². The van der Waals surface area contributed by atoms with Crippen molar-refractivity contribution >= 4 is 31.6 Å². The molecular weight excluding hydrogens is 393 g/mol. The molecule has 0 aliphatic carbocycles. The maximum absolute atomic E-state index is 12.9. The number of anilines is 1. The fourth-order valence-electron chi connectivity index (χ4n) is 2.62. The summed E-state index contributed by atoms with van der Waals surface area (Å²) in [7, 11) is -5.98. The van der Waals surface area contributed by atoms with Crippen molar-refractivity contribution in [2.75, 3.05) is 18.3 Å². The summed E-state index contributed by atoms with van der Waals surface area (Å²) in [6.45, 7) is 0.762. The van der Waals surface area contributed by atoms with Gasteiger partial charge in [0.15, 0.2) is 0 Å². The van der Waals surface area contributed by atoms with Crippen LogP contribution in [0, 0.1) is 5.82 Å². The van der Waals surface area contributed by atoms with Crippen LogP contribution < -0.4 is 4.72 Å². The zero-order valence-corrected chi connectivity index (χ0v) is 16.1. The molecule has 0 radical (unpaired) electrons. The molecule has 1 saturated heterocycles. The van der Waals surface area contributed by atoms with Crippen LogP contribution in [0.15, 0.2) is 62.7 Å². The highest BCUT2D eigenvalue weighted by Crippen LogP contribution is 2.21. The van der Waals surface area contributed by atoms with E-state index in [2.05, 4.69) is 9.12 Å². The fourth-order valence-corrected chi connectivity index (χ4v) is 4.78. The lowest BCUT2D eigenvalue weighted by Crippen LogP contribution is -2.20. The van der Waals surface area contributed by atoms with Crippen LogP contribution in [0.5, 0.6) is 0 Å². The van der Waals surface area contributed by atoms with E-state index in [-0.39, 0.29) is 15.5 Å². The predicted molar refractivity (Wildman–Crippen MR) is 100 cm³/mol. The topological polar surface area (TPSA) is 95.9 Å². The zero-order chi connectivity index (χ0) is 19.7. The molecule has 0 atom stereocenters. The molecule has 1 fully saturated rings. The van der Waals surface area contributed by atoms with Crippen LogP contribution in [0.1, 0.15) is 12.8 Å². The Balaban J connectivity index is 1.80. The smallest absolute Gasteiger partial charge is 0.283 e.